The van der Waals surface area contributed by atoms with Crippen LogP contribution >= 0.6 is 11.3 Å². The highest BCUT2D eigenvalue weighted by molar-refractivity contribution is 7.22. The van der Waals surface area contributed by atoms with Gasteiger partial charge in [-0.25, -0.2) is 9.97 Å². The Labute approximate surface area is 330 Å². The zero-order valence-corrected chi connectivity index (χ0v) is 31.9. The molecule has 0 saturated heterocycles. The zero-order chi connectivity index (χ0) is 37.4. The van der Waals surface area contributed by atoms with Crippen molar-refractivity contribution in [3.05, 3.63) is 193 Å². The maximum absolute atomic E-state index is 5.30. The highest BCUT2D eigenvalue weighted by Crippen LogP contribution is 2.53. The number of benzene rings is 8. The fourth-order valence-electron chi connectivity index (χ4n) is 8.77. The predicted molar refractivity (Wildman–Crippen MR) is 237 cm³/mol. The molecular formula is C53H36N2S. The van der Waals surface area contributed by atoms with Gasteiger partial charge in [-0.05, 0) is 108 Å². The Morgan fingerprint density at radius 3 is 1.82 bits per heavy atom. The summed E-state index contributed by atoms with van der Waals surface area (Å²) in [7, 11) is 0. The monoisotopic (exact) mass is 732 g/mol. The second-order valence-electron chi connectivity index (χ2n) is 15.4. The zero-order valence-electron chi connectivity index (χ0n) is 31.1. The van der Waals surface area contributed by atoms with Crippen LogP contribution in [0.25, 0.3) is 98.2 Å². The van der Waals surface area contributed by atoms with Crippen LogP contribution in [0.2, 0.25) is 0 Å². The molecule has 0 bridgehead atoms. The summed E-state index contributed by atoms with van der Waals surface area (Å²) in [5.74, 6) is 0.722. The molecule has 0 amide bonds. The van der Waals surface area contributed by atoms with E-state index in [2.05, 4.69) is 190 Å². The van der Waals surface area contributed by atoms with E-state index in [4.69, 9.17) is 9.97 Å². The van der Waals surface area contributed by atoms with Crippen LogP contribution in [-0.2, 0) is 5.41 Å². The molecule has 2 heterocycles. The second-order valence-corrected chi connectivity index (χ2v) is 16.5. The molecule has 10 aromatic rings. The molecule has 0 saturated carbocycles. The molecule has 3 heteroatoms. The molecule has 0 N–H and O–H groups in total. The lowest BCUT2D eigenvalue weighted by atomic mass is 9.81. The molecular weight excluding hydrogens is 697 g/mol. The van der Waals surface area contributed by atoms with Crippen LogP contribution < -0.4 is 0 Å². The second kappa shape index (κ2) is 12.7. The van der Waals surface area contributed by atoms with Crippen molar-refractivity contribution >= 4 is 43.0 Å². The molecule has 0 aliphatic heterocycles. The summed E-state index contributed by atoms with van der Waals surface area (Å²) in [6.07, 6.45) is 0. The van der Waals surface area contributed by atoms with Gasteiger partial charge < -0.3 is 0 Å². The first-order valence-electron chi connectivity index (χ1n) is 19.2. The van der Waals surface area contributed by atoms with E-state index < -0.39 is 0 Å². The number of rotatable bonds is 5. The number of hydrogen-bond acceptors (Lipinski definition) is 3. The number of hydrogen-bond donors (Lipinski definition) is 0. The fraction of sp³-hybridized carbons (Fsp3) is 0.0566. The molecule has 0 spiro atoms. The number of nitrogens with zero attached hydrogens (tertiary/aromatic N) is 2. The summed E-state index contributed by atoms with van der Waals surface area (Å²) < 4.78 is 1.31. The van der Waals surface area contributed by atoms with Crippen LogP contribution in [0.15, 0.2) is 182 Å². The van der Waals surface area contributed by atoms with Gasteiger partial charge in [-0.1, -0.05) is 153 Å². The molecule has 0 radical (unpaired) electrons. The quantitative estimate of drug-likeness (QED) is 0.176. The summed E-state index contributed by atoms with van der Waals surface area (Å²) in [4.78, 5) is 11.8. The lowest BCUT2D eigenvalue weighted by Gasteiger charge is -2.22. The minimum atomic E-state index is -0.140. The highest BCUT2D eigenvalue weighted by Gasteiger charge is 2.37. The van der Waals surface area contributed by atoms with Crippen LogP contribution in [-0.4, -0.2) is 9.97 Å². The summed E-state index contributed by atoms with van der Waals surface area (Å²) >= 11 is 1.85. The molecule has 1 aliphatic carbocycles. The van der Waals surface area contributed by atoms with E-state index in [-0.39, 0.29) is 5.41 Å². The third kappa shape index (κ3) is 5.31. The SMILES string of the molecule is CC1(C)c2cc3ccccc3cc2-c2c(-c3cc(-c4ccc5cc(-c6ccccc6-c6cc7ccccc7s6)ccc5c4)nc(-c4ccccc4)n3)cccc21. The van der Waals surface area contributed by atoms with E-state index in [0.717, 1.165) is 33.9 Å². The van der Waals surface area contributed by atoms with Crippen molar-refractivity contribution in [2.24, 2.45) is 0 Å². The van der Waals surface area contributed by atoms with Crippen molar-refractivity contribution in [1.82, 2.24) is 9.97 Å². The van der Waals surface area contributed by atoms with Gasteiger partial charge in [0.05, 0.1) is 11.4 Å². The van der Waals surface area contributed by atoms with Gasteiger partial charge in [0.25, 0.3) is 0 Å². The van der Waals surface area contributed by atoms with Crippen molar-refractivity contribution in [3.63, 3.8) is 0 Å². The molecule has 0 fully saturated rings. The minimum absolute atomic E-state index is 0.140. The molecule has 11 rings (SSSR count). The van der Waals surface area contributed by atoms with Crippen molar-refractivity contribution < 1.29 is 0 Å². The van der Waals surface area contributed by atoms with Crippen LogP contribution in [0.3, 0.4) is 0 Å². The molecule has 2 nitrogen and oxygen atoms in total. The van der Waals surface area contributed by atoms with Gasteiger partial charge in [0, 0.05) is 31.7 Å². The Morgan fingerprint density at radius 2 is 1.02 bits per heavy atom. The van der Waals surface area contributed by atoms with E-state index in [1.165, 1.54) is 75.5 Å². The van der Waals surface area contributed by atoms with Gasteiger partial charge >= 0.3 is 0 Å². The maximum atomic E-state index is 5.30. The topological polar surface area (TPSA) is 25.8 Å². The predicted octanol–water partition coefficient (Wildman–Crippen LogP) is 14.6. The summed E-state index contributed by atoms with van der Waals surface area (Å²) in [6, 6.07) is 66.0. The van der Waals surface area contributed by atoms with Gasteiger partial charge in [0.2, 0.25) is 0 Å². The van der Waals surface area contributed by atoms with Gasteiger partial charge in [-0.15, -0.1) is 11.3 Å². The summed E-state index contributed by atoms with van der Waals surface area (Å²) in [5.41, 5.74) is 13.8. The van der Waals surface area contributed by atoms with Crippen LogP contribution in [0.5, 0.6) is 0 Å². The fourth-order valence-corrected chi connectivity index (χ4v) is 9.87. The highest BCUT2D eigenvalue weighted by atomic mass is 32.1. The molecule has 56 heavy (non-hydrogen) atoms. The smallest absolute Gasteiger partial charge is 0.160 e. The van der Waals surface area contributed by atoms with Crippen molar-refractivity contribution in [3.8, 4) is 66.6 Å². The van der Waals surface area contributed by atoms with E-state index in [1.54, 1.807) is 0 Å². The van der Waals surface area contributed by atoms with E-state index in [1.807, 2.05) is 17.4 Å². The Balaban J connectivity index is 1.04. The normalized spacial score (nSPS) is 13.0. The van der Waals surface area contributed by atoms with Gasteiger partial charge in [0.15, 0.2) is 5.82 Å². The Morgan fingerprint density at radius 1 is 0.393 bits per heavy atom. The van der Waals surface area contributed by atoms with Crippen LogP contribution in [0, 0.1) is 0 Å². The molecule has 8 aromatic carbocycles. The summed E-state index contributed by atoms with van der Waals surface area (Å²) in [6.45, 7) is 4.69. The van der Waals surface area contributed by atoms with Crippen LogP contribution in [0.4, 0.5) is 0 Å². The number of thiophene rings is 1. The molecule has 2 aromatic heterocycles. The molecule has 1 aliphatic rings. The van der Waals surface area contributed by atoms with E-state index in [9.17, 15) is 0 Å². The minimum Gasteiger partial charge on any atom is -0.228 e. The van der Waals surface area contributed by atoms with Crippen molar-refractivity contribution in [2.45, 2.75) is 19.3 Å². The van der Waals surface area contributed by atoms with Gasteiger partial charge in [-0.3, -0.25) is 0 Å². The number of aromatic nitrogens is 2. The lowest BCUT2D eigenvalue weighted by Crippen LogP contribution is -2.14. The van der Waals surface area contributed by atoms with Crippen molar-refractivity contribution in [2.75, 3.05) is 0 Å². The van der Waals surface area contributed by atoms with Gasteiger partial charge in [-0.2, -0.15) is 0 Å². The Bertz CT molecular complexity index is 3140. The van der Waals surface area contributed by atoms with E-state index >= 15 is 0 Å². The molecule has 264 valence electrons. The van der Waals surface area contributed by atoms with Crippen molar-refractivity contribution in [1.29, 1.82) is 0 Å². The number of fused-ring (bicyclic) bond motifs is 6. The Kier molecular flexibility index (Phi) is 7.42. The first kappa shape index (κ1) is 32.7. The Hall–Kier alpha value is -6.68. The van der Waals surface area contributed by atoms with E-state index in [0.29, 0.717) is 0 Å². The third-order valence-electron chi connectivity index (χ3n) is 11.7. The lowest BCUT2D eigenvalue weighted by molar-refractivity contribution is 0.661. The first-order valence-corrected chi connectivity index (χ1v) is 20.0. The summed E-state index contributed by atoms with van der Waals surface area (Å²) in [5, 5.41) is 6.18. The third-order valence-corrected chi connectivity index (χ3v) is 12.8. The largest absolute Gasteiger partial charge is 0.228 e. The first-order chi connectivity index (χ1) is 27.5. The maximum Gasteiger partial charge on any atom is 0.160 e. The average Bonchev–Trinajstić information content (AvgIpc) is 3.79. The van der Waals surface area contributed by atoms with Crippen LogP contribution in [0.1, 0.15) is 25.0 Å². The van der Waals surface area contributed by atoms with Gasteiger partial charge in [0.1, 0.15) is 0 Å². The standard InChI is InChI=1S/C53H36N2S/c1-53(2)45-21-12-20-43(51(45)44-29-34-15-6-7-16-35(34)30-46(44)53)48-32-47(54-52(55-48)33-13-4-3-5-14-33)39-26-24-36-27-38(25-23-37(36)28-39)41-18-9-10-19-42(41)50-31-40-17-8-11-22-49(40)56-50/h3-32H,1-2H3. The molecule has 0 atom stereocenters. The average molecular weight is 733 g/mol. The molecule has 0 unspecified atom stereocenters.